The Morgan fingerprint density at radius 3 is 2.71 bits per heavy atom. The summed E-state index contributed by atoms with van der Waals surface area (Å²) in [6, 6.07) is 6.20. The van der Waals surface area contributed by atoms with Crippen LogP contribution in [-0.2, 0) is 6.54 Å². The van der Waals surface area contributed by atoms with E-state index in [2.05, 4.69) is 30.9 Å². The lowest BCUT2D eigenvalue weighted by Gasteiger charge is -2.27. The molecule has 1 fully saturated rings. The zero-order valence-corrected chi connectivity index (χ0v) is 14.3. The number of phenolic OH excluding ortho intramolecular Hbond substituents is 1. The van der Waals surface area contributed by atoms with E-state index >= 15 is 0 Å². The molecule has 0 saturated carbocycles. The molecule has 1 unspecified atom stereocenters. The third kappa shape index (κ3) is 5.23. The van der Waals surface area contributed by atoms with Gasteiger partial charge in [0.15, 0.2) is 0 Å². The summed E-state index contributed by atoms with van der Waals surface area (Å²) >= 11 is 2.03. The summed E-state index contributed by atoms with van der Waals surface area (Å²) in [6.45, 7) is 7.76. The second-order valence-electron chi connectivity index (χ2n) is 6.20. The molecule has 1 saturated heterocycles. The molecule has 2 nitrogen and oxygen atoms in total. The van der Waals surface area contributed by atoms with Gasteiger partial charge >= 0.3 is 0 Å². The van der Waals surface area contributed by atoms with E-state index in [-0.39, 0.29) is 0 Å². The molecular weight excluding hydrogens is 278 g/mol. The van der Waals surface area contributed by atoms with E-state index in [1.807, 2.05) is 17.8 Å². The number of likely N-dealkylation sites (tertiary alicyclic amines) is 1. The Morgan fingerprint density at radius 1 is 1.24 bits per heavy atom. The van der Waals surface area contributed by atoms with Crippen LogP contribution in [0.25, 0.3) is 0 Å². The predicted octanol–water partition coefficient (Wildman–Crippen LogP) is 4.62. The van der Waals surface area contributed by atoms with Crippen molar-refractivity contribution in [1.82, 2.24) is 4.90 Å². The fourth-order valence-corrected chi connectivity index (χ4v) is 3.90. The SMILES string of the molecule is CCCSCC(C)c1ccc(O)c(CN2CCCCC2)c1. The third-order valence-corrected chi connectivity index (χ3v) is 5.66. The highest BCUT2D eigenvalue weighted by atomic mass is 32.2. The molecule has 2 rings (SSSR count). The summed E-state index contributed by atoms with van der Waals surface area (Å²) in [5.74, 6) is 3.42. The van der Waals surface area contributed by atoms with Gasteiger partial charge in [-0.25, -0.2) is 0 Å². The maximum absolute atomic E-state index is 10.1. The van der Waals surface area contributed by atoms with Crippen molar-refractivity contribution in [2.24, 2.45) is 0 Å². The maximum atomic E-state index is 10.1. The van der Waals surface area contributed by atoms with Crippen molar-refractivity contribution in [3.8, 4) is 5.75 Å². The monoisotopic (exact) mass is 307 g/mol. The smallest absolute Gasteiger partial charge is 0.120 e. The van der Waals surface area contributed by atoms with Crippen molar-refractivity contribution in [1.29, 1.82) is 0 Å². The number of phenols is 1. The molecule has 1 aliphatic rings. The molecule has 1 N–H and O–H groups in total. The summed E-state index contributed by atoms with van der Waals surface area (Å²) in [6.07, 6.45) is 5.19. The van der Waals surface area contributed by atoms with Crippen molar-refractivity contribution < 1.29 is 5.11 Å². The Morgan fingerprint density at radius 2 is 2.00 bits per heavy atom. The molecule has 0 amide bonds. The average molecular weight is 308 g/mol. The van der Waals surface area contributed by atoms with Gasteiger partial charge in [0.25, 0.3) is 0 Å². The van der Waals surface area contributed by atoms with E-state index in [0.29, 0.717) is 11.7 Å². The first kappa shape index (κ1) is 16.7. The highest BCUT2D eigenvalue weighted by molar-refractivity contribution is 7.99. The number of rotatable bonds is 7. The fraction of sp³-hybridized carbons (Fsp3) is 0.667. The molecule has 1 atom stereocenters. The topological polar surface area (TPSA) is 23.5 Å². The van der Waals surface area contributed by atoms with E-state index in [1.165, 1.54) is 55.8 Å². The normalized spacial score (nSPS) is 17.8. The summed E-state index contributed by atoms with van der Waals surface area (Å²) in [5.41, 5.74) is 2.46. The largest absolute Gasteiger partial charge is 0.508 e. The molecule has 3 heteroatoms. The van der Waals surface area contributed by atoms with Gasteiger partial charge in [-0.2, -0.15) is 11.8 Å². The molecule has 0 radical (unpaired) electrons. The van der Waals surface area contributed by atoms with Crippen LogP contribution in [0, 0.1) is 0 Å². The molecule has 1 aliphatic heterocycles. The molecule has 21 heavy (non-hydrogen) atoms. The average Bonchev–Trinajstić information content (AvgIpc) is 2.50. The van der Waals surface area contributed by atoms with Crippen LogP contribution in [0.5, 0.6) is 5.75 Å². The Labute approximate surface area is 133 Å². The summed E-state index contributed by atoms with van der Waals surface area (Å²) < 4.78 is 0. The van der Waals surface area contributed by atoms with Crippen LogP contribution < -0.4 is 0 Å². The zero-order valence-electron chi connectivity index (χ0n) is 13.5. The number of aromatic hydroxyl groups is 1. The Hall–Kier alpha value is -0.670. The second kappa shape index (κ2) is 8.70. The molecular formula is C18H29NOS. The van der Waals surface area contributed by atoms with Gasteiger partial charge in [-0.3, -0.25) is 4.90 Å². The van der Waals surface area contributed by atoms with E-state index < -0.39 is 0 Å². The minimum absolute atomic E-state index is 0.456. The van der Waals surface area contributed by atoms with Gasteiger partial charge < -0.3 is 5.11 Å². The van der Waals surface area contributed by atoms with Crippen LogP contribution >= 0.6 is 11.8 Å². The number of hydrogen-bond acceptors (Lipinski definition) is 3. The first-order valence-corrected chi connectivity index (χ1v) is 9.48. The zero-order chi connectivity index (χ0) is 15.1. The predicted molar refractivity (Wildman–Crippen MR) is 93.3 cm³/mol. The standard InChI is InChI=1S/C18H29NOS/c1-3-11-21-14-15(2)16-7-8-18(20)17(12-16)13-19-9-5-4-6-10-19/h7-8,12,15,20H,3-6,9-11,13-14H2,1-2H3. The molecule has 1 aromatic rings. The lowest BCUT2D eigenvalue weighted by molar-refractivity contribution is 0.218. The molecule has 1 aromatic carbocycles. The molecule has 0 aromatic heterocycles. The number of hydrogen-bond donors (Lipinski definition) is 1. The number of thioether (sulfide) groups is 1. The number of piperidine rings is 1. The van der Waals surface area contributed by atoms with Crippen LogP contribution in [-0.4, -0.2) is 34.6 Å². The van der Waals surface area contributed by atoms with Gasteiger partial charge in [-0.05, 0) is 61.4 Å². The highest BCUT2D eigenvalue weighted by Gasteiger charge is 2.14. The lowest BCUT2D eigenvalue weighted by Crippen LogP contribution is -2.29. The van der Waals surface area contributed by atoms with Crippen LogP contribution in [0.15, 0.2) is 18.2 Å². The number of benzene rings is 1. The van der Waals surface area contributed by atoms with Crippen molar-refractivity contribution in [3.63, 3.8) is 0 Å². The fourth-order valence-electron chi connectivity index (χ4n) is 2.90. The molecule has 118 valence electrons. The Kier molecular flexibility index (Phi) is 6.91. The quantitative estimate of drug-likeness (QED) is 0.743. The van der Waals surface area contributed by atoms with E-state index in [0.717, 1.165) is 12.1 Å². The van der Waals surface area contributed by atoms with Gasteiger partial charge in [0.2, 0.25) is 0 Å². The van der Waals surface area contributed by atoms with Gasteiger partial charge in [0, 0.05) is 12.1 Å². The summed E-state index contributed by atoms with van der Waals surface area (Å²) in [7, 11) is 0. The van der Waals surface area contributed by atoms with Crippen LogP contribution in [0.1, 0.15) is 56.6 Å². The van der Waals surface area contributed by atoms with Gasteiger partial charge in [0.1, 0.15) is 5.75 Å². The highest BCUT2D eigenvalue weighted by Crippen LogP contribution is 2.27. The van der Waals surface area contributed by atoms with Crippen molar-refractivity contribution in [2.45, 2.75) is 52.0 Å². The molecule has 0 spiro atoms. The first-order chi connectivity index (χ1) is 10.2. The molecule has 1 heterocycles. The minimum Gasteiger partial charge on any atom is -0.508 e. The van der Waals surface area contributed by atoms with Gasteiger partial charge in [0.05, 0.1) is 0 Å². The minimum atomic E-state index is 0.456. The third-order valence-electron chi connectivity index (χ3n) is 4.23. The number of nitrogens with zero attached hydrogens (tertiary/aromatic N) is 1. The van der Waals surface area contributed by atoms with E-state index in [4.69, 9.17) is 0 Å². The van der Waals surface area contributed by atoms with Crippen LogP contribution in [0.3, 0.4) is 0 Å². The van der Waals surface area contributed by atoms with Crippen molar-refractivity contribution >= 4 is 11.8 Å². The van der Waals surface area contributed by atoms with Gasteiger partial charge in [-0.15, -0.1) is 0 Å². The molecule has 0 bridgehead atoms. The summed E-state index contributed by atoms with van der Waals surface area (Å²) in [4.78, 5) is 2.47. The van der Waals surface area contributed by atoms with Crippen LogP contribution in [0.2, 0.25) is 0 Å². The maximum Gasteiger partial charge on any atom is 0.120 e. The van der Waals surface area contributed by atoms with Crippen molar-refractivity contribution in [2.75, 3.05) is 24.6 Å². The summed E-state index contributed by atoms with van der Waals surface area (Å²) in [5, 5.41) is 10.1. The molecule has 0 aliphatic carbocycles. The van der Waals surface area contributed by atoms with Crippen molar-refractivity contribution in [3.05, 3.63) is 29.3 Å². The second-order valence-corrected chi connectivity index (χ2v) is 7.35. The Balaban J connectivity index is 1.98. The van der Waals surface area contributed by atoms with Crippen LogP contribution in [0.4, 0.5) is 0 Å². The van der Waals surface area contributed by atoms with Gasteiger partial charge in [-0.1, -0.05) is 32.4 Å². The Bertz CT molecular complexity index is 429. The lowest BCUT2D eigenvalue weighted by atomic mass is 9.99. The van der Waals surface area contributed by atoms with E-state index in [1.54, 1.807) is 0 Å². The van der Waals surface area contributed by atoms with E-state index in [9.17, 15) is 5.11 Å². The first-order valence-electron chi connectivity index (χ1n) is 8.32.